The quantitative estimate of drug-likeness (QED) is 0.283. The van der Waals surface area contributed by atoms with E-state index in [4.69, 9.17) is 8.92 Å². The van der Waals surface area contributed by atoms with Crippen molar-refractivity contribution in [2.45, 2.75) is 0 Å². The Morgan fingerprint density at radius 1 is 1.20 bits per heavy atom. The van der Waals surface area contributed by atoms with E-state index in [1.807, 2.05) is 0 Å². The first-order valence-corrected chi connectivity index (χ1v) is 1.22. The first kappa shape index (κ1) is 18.2. The molecule has 0 aliphatic rings. The topological polar surface area (TPSA) is 64.1 Å². The fraction of sp³-hybridized carbons (Fsp3) is 0. The van der Waals surface area contributed by atoms with Crippen molar-refractivity contribution in [1.82, 2.24) is 0 Å². The van der Waals surface area contributed by atoms with Crippen LogP contribution < -0.4 is 18.9 Å². The van der Waals surface area contributed by atoms with E-state index >= 15 is 0 Å². The van der Waals surface area contributed by atoms with Crippen LogP contribution >= 0.6 is 0 Å². The Morgan fingerprint density at radius 2 is 1.20 bits per heavy atom. The SMILES string of the molecule is O=[Si]=O.[Li+].[OH-]. The Labute approximate surface area is 43.2 Å². The molecule has 0 aromatic carbocycles. The van der Waals surface area contributed by atoms with Crippen LogP contribution in [0.5, 0.6) is 0 Å². The van der Waals surface area contributed by atoms with Gasteiger partial charge in [0.05, 0.1) is 0 Å². The summed E-state index contributed by atoms with van der Waals surface area (Å²) in [6.45, 7) is 0. The first-order valence-electron chi connectivity index (χ1n) is 0.408. The Hall–Kier alpha value is 0.374. The third-order valence-corrected chi connectivity index (χ3v) is 0. The van der Waals surface area contributed by atoms with Gasteiger partial charge in [-0.3, -0.25) is 8.92 Å². The van der Waals surface area contributed by atoms with Gasteiger partial charge in [-0.15, -0.1) is 0 Å². The minimum absolute atomic E-state index is 0. The van der Waals surface area contributed by atoms with Gasteiger partial charge in [-0.2, -0.15) is 0 Å². The van der Waals surface area contributed by atoms with E-state index in [0.717, 1.165) is 0 Å². The molecule has 0 saturated heterocycles. The summed E-state index contributed by atoms with van der Waals surface area (Å²) in [5.41, 5.74) is 0. The molecule has 0 amide bonds. The van der Waals surface area contributed by atoms with Gasteiger partial charge in [0.2, 0.25) is 0 Å². The number of hydrogen-bond acceptors (Lipinski definition) is 3. The zero-order chi connectivity index (χ0) is 2.71. The standard InChI is InChI=1S/Li.O2Si.H2O/c;1-3-2;/h;;1H2/q+1;;/p-1. The van der Waals surface area contributed by atoms with Crippen LogP contribution in [0.4, 0.5) is 0 Å². The van der Waals surface area contributed by atoms with Crippen LogP contribution in [0, 0.1) is 0 Å². The average Bonchev–Trinajstić information content (AvgIpc) is 0.918. The second-order valence-electron chi connectivity index (χ2n) is 0.0833. The largest absolute Gasteiger partial charge is 1.00 e. The maximum Gasteiger partial charge on any atom is 1.00 e. The van der Waals surface area contributed by atoms with Crippen LogP contribution in [0.1, 0.15) is 0 Å². The van der Waals surface area contributed by atoms with E-state index < -0.39 is 9.29 Å². The Kier molecular flexibility index (Phi) is 96.2. The molecule has 5 heavy (non-hydrogen) atoms. The van der Waals surface area contributed by atoms with Crippen molar-refractivity contribution in [3.63, 3.8) is 0 Å². The van der Waals surface area contributed by atoms with E-state index in [2.05, 4.69) is 0 Å². The molecule has 0 saturated carbocycles. The van der Waals surface area contributed by atoms with Gasteiger partial charge in [0, 0.05) is 0 Å². The van der Waals surface area contributed by atoms with E-state index in [1.54, 1.807) is 0 Å². The minimum atomic E-state index is -1.42. The van der Waals surface area contributed by atoms with Gasteiger partial charge < -0.3 is 5.48 Å². The van der Waals surface area contributed by atoms with Crippen LogP contribution in [0.2, 0.25) is 0 Å². The first-order chi connectivity index (χ1) is 1.41. The van der Waals surface area contributed by atoms with Crippen molar-refractivity contribution in [3.05, 3.63) is 0 Å². The van der Waals surface area contributed by atoms with Crippen molar-refractivity contribution in [2.75, 3.05) is 0 Å². The van der Waals surface area contributed by atoms with Crippen molar-refractivity contribution >= 4 is 9.29 Å². The van der Waals surface area contributed by atoms with Gasteiger partial charge >= 0.3 is 28.2 Å². The van der Waals surface area contributed by atoms with Gasteiger partial charge in [0.25, 0.3) is 0 Å². The molecule has 0 unspecified atom stereocenters. The molecule has 0 spiro atoms. The Morgan fingerprint density at radius 3 is 1.20 bits per heavy atom. The summed E-state index contributed by atoms with van der Waals surface area (Å²) < 4.78 is 16.8. The molecule has 5 heteroatoms. The van der Waals surface area contributed by atoms with E-state index in [0.29, 0.717) is 0 Å². The predicted molar refractivity (Wildman–Crippen MR) is 9.06 cm³/mol. The summed E-state index contributed by atoms with van der Waals surface area (Å²) in [5.74, 6) is 0. The zero-order valence-electron chi connectivity index (χ0n) is 2.76. The molecule has 0 atom stereocenters. The van der Waals surface area contributed by atoms with Gasteiger partial charge in [-0.1, -0.05) is 0 Å². The molecule has 0 radical (unpaired) electrons. The van der Waals surface area contributed by atoms with Crippen LogP contribution in [0.15, 0.2) is 0 Å². The normalized spacial score (nSPS) is 1.60. The van der Waals surface area contributed by atoms with Crippen molar-refractivity contribution in [1.29, 1.82) is 0 Å². The van der Waals surface area contributed by atoms with E-state index in [1.165, 1.54) is 0 Å². The second-order valence-corrected chi connectivity index (χ2v) is 0.250. The van der Waals surface area contributed by atoms with Crippen molar-refractivity contribution < 1.29 is 33.3 Å². The van der Waals surface area contributed by atoms with Crippen LogP contribution in [0.25, 0.3) is 0 Å². The molecule has 0 heterocycles. The zero-order valence-corrected chi connectivity index (χ0v) is 3.76. The third kappa shape index (κ3) is 176. The van der Waals surface area contributed by atoms with Crippen LogP contribution in [-0.2, 0) is 8.92 Å². The molecular weight excluding hydrogens is 83.0 g/mol. The number of hydrogen-bond donors (Lipinski definition) is 0. The number of rotatable bonds is 0. The van der Waals surface area contributed by atoms with Gasteiger partial charge in [0.15, 0.2) is 0 Å². The average molecular weight is 84.0 g/mol. The van der Waals surface area contributed by atoms with Gasteiger partial charge in [-0.25, -0.2) is 0 Å². The van der Waals surface area contributed by atoms with Crippen LogP contribution in [-0.4, -0.2) is 14.8 Å². The molecule has 0 rings (SSSR count). The Bertz CT molecular complexity index is 27.9. The molecular formula is HLiO3Si. The molecule has 0 fully saturated rings. The molecule has 0 aromatic rings. The molecule has 1 N–H and O–H groups in total. The van der Waals surface area contributed by atoms with Crippen molar-refractivity contribution in [3.8, 4) is 0 Å². The summed E-state index contributed by atoms with van der Waals surface area (Å²) in [6.07, 6.45) is 0. The molecule has 0 aromatic heterocycles. The molecule has 24 valence electrons. The van der Waals surface area contributed by atoms with Crippen molar-refractivity contribution in [2.24, 2.45) is 0 Å². The maximum atomic E-state index is 8.40. The van der Waals surface area contributed by atoms with E-state index in [9.17, 15) is 0 Å². The fourth-order valence-corrected chi connectivity index (χ4v) is 0. The molecule has 0 aliphatic heterocycles. The van der Waals surface area contributed by atoms with Crippen LogP contribution in [0.3, 0.4) is 0 Å². The summed E-state index contributed by atoms with van der Waals surface area (Å²) in [5, 5.41) is 0. The summed E-state index contributed by atoms with van der Waals surface area (Å²) in [6, 6.07) is 0. The smallest absolute Gasteiger partial charge is 0.870 e. The summed E-state index contributed by atoms with van der Waals surface area (Å²) in [7, 11) is -1.42. The maximum absolute atomic E-state index is 8.40. The Balaban J connectivity index is -0.0000000200. The minimum Gasteiger partial charge on any atom is -0.870 e. The summed E-state index contributed by atoms with van der Waals surface area (Å²) in [4.78, 5) is 0. The predicted octanol–water partition coefficient (Wildman–Crippen LogP) is -3.79. The molecule has 0 aliphatic carbocycles. The third-order valence-electron chi connectivity index (χ3n) is 0. The fourth-order valence-electron chi connectivity index (χ4n) is 0. The molecule has 3 nitrogen and oxygen atoms in total. The summed E-state index contributed by atoms with van der Waals surface area (Å²) >= 11 is 0. The molecule has 0 bridgehead atoms. The monoisotopic (exact) mass is 84.0 g/mol. The second kappa shape index (κ2) is 26.4. The van der Waals surface area contributed by atoms with Gasteiger partial charge in [-0.05, 0) is 0 Å². The van der Waals surface area contributed by atoms with Gasteiger partial charge in [0.1, 0.15) is 0 Å². The van der Waals surface area contributed by atoms with E-state index in [-0.39, 0.29) is 24.3 Å².